The Bertz CT molecular complexity index is 965. The fraction of sp³-hybridized carbons (Fsp3) is 0.143. The Labute approximate surface area is 197 Å². The molecule has 4 aromatic rings. The zero-order valence-electron chi connectivity index (χ0n) is 18.3. The molecule has 0 atom stereocenters. The number of hydrogen-bond donors (Lipinski definition) is 0. The number of benzene rings is 4. The van der Waals surface area contributed by atoms with Crippen LogP contribution in [0.3, 0.4) is 0 Å². The molecular weight excluding hydrogens is 461 g/mol. The lowest BCUT2D eigenvalue weighted by Gasteiger charge is -2.45. The monoisotopic (exact) mass is 489 g/mol. The van der Waals surface area contributed by atoms with E-state index < -0.39 is 7.41 Å². The summed E-state index contributed by atoms with van der Waals surface area (Å²) >= 11 is 0. The van der Waals surface area contributed by atoms with Gasteiger partial charge in [-0.1, -0.05) is 72.8 Å². The van der Waals surface area contributed by atoms with Crippen molar-refractivity contribution in [1.82, 2.24) is 0 Å². The molecule has 0 aliphatic heterocycles. The largest absolute Gasteiger partial charge is 1.00 e. The van der Waals surface area contributed by atoms with Crippen molar-refractivity contribution in [3.05, 3.63) is 121 Å². The van der Waals surface area contributed by atoms with Gasteiger partial charge in [-0.3, -0.25) is 0 Å². The molecule has 0 bridgehead atoms. The molecule has 0 spiro atoms. The van der Waals surface area contributed by atoms with E-state index in [1.807, 2.05) is 0 Å². The van der Waals surface area contributed by atoms with Crippen molar-refractivity contribution in [2.24, 2.45) is 0 Å². The van der Waals surface area contributed by atoms with E-state index in [1.54, 1.807) is 0 Å². The zero-order chi connectivity index (χ0) is 21.0. The van der Waals surface area contributed by atoms with Crippen LogP contribution in [0.5, 0.6) is 0 Å². The quantitative estimate of drug-likeness (QED) is 0.389. The summed E-state index contributed by atoms with van der Waals surface area (Å²) in [6.07, 6.45) is 0. The van der Waals surface area contributed by atoms with E-state index >= 15 is 0 Å². The van der Waals surface area contributed by atoms with E-state index in [4.69, 9.17) is 0 Å². The second-order valence-corrected chi connectivity index (χ2v) is 11.7. The smallest absolute Gasteiger partial charge is 0.203 e. The number of para-hydroxylation sites is 1. The highest BCUT2D eigenvalue weighted by Gasteiger charge is 2.55. The van der Waals surface area contributed by atoms with Crippen molar-refractivity contribution in [3.8, 4) is 0 Å². The zero-order valence-corrected chi connectivity index (χ0v) is 20.8. The molecular formula is C28H29BrNP. The Morgan fingerprint density at radius 3 is 1.06 bits per heavy atom. The highest BCUT2D eigenvalue weighted by atomic mass is 79.9. The molecule has 4 aromatic carbocycles. The van der Waals surface area contributed by atoms with Crippen LogP contribution in [0.2, 0.25) is 0 Å². The van der Waals surface area contributed by atoms with Crippen molar-refractivity contribution >= 4 is 29.0 Å². The summed E-state index contributed by atoms with van der Waals surface area (Å²) in [5.41, 5.74) is 1.14. The standard InChI is InChI=1S/C28H29NP.BrH/c1-28(2,3)29(24-16-8-4-9-17-24)30(25-18-10-5-11-19-25,26-20-12-6-13-21-26)27-22-14-7-15-23-27;/h4-23H,1-3H3;1H/q+1;/p-1. The molecule has 3 heteroatoms. The highest BCUT2D eigenvalue weighted by Crippen LogP contribution is 2.62. The van der Waals surface area contributed by atoms with Gasteiger partial charge in [-0.25, -0.2) is 4.67 Å². The lowest BCUT2D eigenvalue weighted by molar-refractivity contribution is -0.00000641. The summed E-state index contributed by atoms with van der Waals surface area (Å²) in [5, 5.41) is 4.09. The fourth-order valence-electron chi connectivity index (χ4n) is 4.30. The number of halogens is 1. The molecule has 0 aromatic heterocycles. The normalized spacial score (nSPS) is 11.5. The molecule has 0 aliphatic rings. The van der Waals surface area contributed by atoms with Crippen LogP contribution in [0.1, 0.15) is 20.8 Å². The lowest BCUT2D eigenvalue weighted by atomic mass is 10.1. The van der Waals surface area contributed by atoms with E-state index in [1.165, 1.54) is 21.6 Å². The summed E-state index contributed by atoms with van der Waals surface area (Å²) < 4.78 is 2.68. The van der Waals surface area contributed by atoms with Crippen molar-refractivity contribution in [1.29, 1.82) is 0 Å². The molecule has 0 unspecified atom stereocenters. The molecule has 0 fully saturated rings. The first kappa shape index (κ1) is 23.3. The first-order chi connectivity index (χ1) is 14.5. The van der Waals surface area contributed by atoms with Crippen molar-refractivity contribution in [2.75, 3.05) is 4.67 Å². The molecule has 0 heterocycles. The lowest BCUT2D eigenvalue weighted by Crippen LogP contribution is -3.00. The average Bonchev–Trinajstić information content (AvgIpc) is 2.79. The fourth-order valence-corrected chi connectivity index (χ4v) is 9.08. The second-order valence-electron chi connectivity index (χ2n) is 8.46. The molecule has 0 amide bonds. The highest BCUT2D eigenvalue weighted by molar-refractivity contribution is 7.97. The average molecular weight is 490 g/mol. The SMILES string of the molecule is CC(C)(C)N(c1ccccc1)[P+](c1ccccc1)(c1ccccc1)c1ccccc1.[Br-]. The van der Waals surface area contributed by atoms with Gasteiger partial charge in [0, 0.05) is 0 Å². The van der Waals surface area contributed by atoms with Crippen LogP contribution < -0.4 is 37.6 Å². The first-order valence-corrected chi connectivity index (χ1v) is 12.2. The van der Waals surface area contributed by atoms with E-state index in [-0.39, 0.29) is 22.5 Å². The Balaban J connectivity index is 0.00000272. The van der Waals surface area contributed by atoms with Crippen molar-refractivity contribution in [2.45, 2.75) is 26.3 Å². The first-order valence-electron chi connectivity index (χ1n) is 10.5. The Morgan fingerprint density at radius 2 is 0.774 bits per heavy atom. The van der Waals surface area contributed by atoms with Gasteiger partial charge in [0.15, 0.2) is 0 Å². The number of anilines is 1. The van der Waals surface area contributed by atoms with Crippen LogP contribution in [0.15, 0.2) is 121 Å². The van der Waals surface area contributed by atoms with Gasteiger partial charge in [0.25, 0.3) is 0 Å². The van der Waals surface area contributed by atoms with E-state index in [2.05, 4.69) is 147 Å². The molecule has 4 rings (SSSR count). The Hall–Kier alpha value is -2.41. The van der Waals surface area contributed by atoms with Crippen LogP contribution in [-0.2, 0) is 0 Å². The number of rotatable bonds is 5. The minimum Gasteiger partial charge on any atom is -1.00 e. The van der Waals surface area contributed by atoms with Crippen LogP contribution in [-0.4, -0.2) is 5.54 Å². The van der Waals surface area contributed by atoms with Gasteiger partial charge in [-0.05, 0) is 69.3 Å². The maximum atomic E-state index is 2.68. The summed E-state index contributed by atoms with van der Waals surface area (Å²) in [4.78, 5) is 0. The minimum atomic E-state index is -2.17. The van der Waals surface area contributed by atoms with Gasteiger partial charge in [0.05, 0.1) is 11.2 Å². The molecule has 1 nitrogen and oxygen atoms in total. The topological polar surface area (TPSA) is 3.24 Å². The predicted molar refractivity (Wildman–Crippen MR) is 134 cm³/mol. The summed E-state index contributed by atoms with van der Waals surface area (Å²) in [6, 6.07) is 44.0. The number of nitrogens with zero attached hydrogens (tertiary/aromatic N) is 1. The number of hydrogen-bond acceptors (Lipinski definition) is 1. The van der Waals surface area contributed by atoms with Crippen LogP contribution in [0, 0.1) is 0 Å². The van der Waals surface area contributed by atoms with Crippen molar-refractivity contribution in [3.63, 3.8) is 0 Å². The van der Waals surface area contributed by atoms with Gasteiger partial charge in [0.1, 0.15) is 15.9 Å². The molecule has 0 aliphatic carbocycles. The third-order valence-electron chi connectivity index (χ3n) is 5.33. The maximum Gasteiger partial charge on any atom is 0.203 e. The third kappa shape index (κ3) is 4.47. The van der Waals surface area contributed by atoms with E-state index in [0.29, 0.717) is 0 Å². The van der Waals surface area contributed by atoms with Gasteiger partial charge in [-0.15, -0.1) is 0 Å². The summed E-state index contributed by atoms with van der Waals surface area (Å²) in [7, 11) is -2.17. The molecule has 0 saturated heterocycles. The van der Waals surface area contributed by atoms with Gasteiger partial charge in [-0.2, -0.15) is 0 Å². The van der Waals surface area contributed by atoms with E-state index in [9.17, 15) is 0 Å². The molecule has 158 valence electrons. The van der Waals surface area contributed by atoms with Gasteiger partial charge >= 0.3 is 0 Å². The van der Waals surface area contributed by atoms with Gasteiger partial charge in [0.2, 0.25) is 7.41 Å². The summed E-state index contributed by atoms with van der Waals surface area (Å²) in [5.74, 6) is 0. The van der Waals surface area contributed by atoms with Gasteiger partial charge < -0.3 is 17.0 Å². The van der Waals surface area contributed by atoms with E-state index in [0.717, 1.165) is 0 Å². The van der Waals surface area contributed by atoms with Crippen molar-refractivity contribution < 1.29 is 17.0 Å². The molecule has 0 saturated carbocycles. The van der Waals surface area contributed by atoms with Crippen LogP contribution in [0.25, 0.3) is 0 Å². The van der Waals surface area contributed by atoms with Crippen LogP contribution in [0.4, 0.5) is 5.69 Å². The summed E-state index contributed by atoms with van der Waals surface area (Å²) in [6.45, 7) is 6.97. The predicted octanol–water partition coefficient (Wildman–Crippen LogP) is 3.20. The molecule has 0 radical (unpaired) electrons. The Kier molecular flexibility index (Phi) is 7.36. The Morgan fingerprint density at radius 1 is 0.484 bits per heavy atom. The molecule has 31 heavy (non-hydrogen) atoms. The maximum absolute atomic E-state index is 2.68. The third-order valence-corrected chi connectivity index (χ3v) is 9.89. The minimum absolute atomic E-state index is 0. The molecule has 0 N–H and O–H groups in total. The van der Waals surface area contributed by atoms with Crippen LogP contribution >= 0.6 is 7.41 Å². The second kappa shape index (κ2) is 9.81.